The number of carbonyl (C=O) groups excluding carboxylic acids is 1. The Kier molecular flexibility index (Phi) is 7.20. The van der Waals surface area contributed by atoms with Crippen LogP contribution >= 0.6 is 15.9 Å². The van der Waals surface area contributed by atoms with Crippen LogP contribution in [0.5, 0.6) is 0 Å². The molecule has 0 unspecified atom stereocenters. The van der Waals surface area contributed by atoms with E-state index >= 15 is 0 Å². The molecule has 0 saturated carbocycles. The van der Waals surface area contributed by atoms with Gasteiger partial charge in [-0.05, 0) is 43.5 Å². The number of aromatic nitrogens is 2. The number of amides is 1. The predicted octanol–water partition coefficient (Wildman–Crippen LogP) is 4.94. The molecule has 0 aliphatic heterocycles. The van der Waals surface area contributed by atoms with Gasteiger partial charge in [0.2, 0.25) is 5.91 Å². The number of para-hydroxylation sites is 1. The van der Waals surface area contributed by atoms with Crippen molar-refractivity contribution in [1.82, 2.24) is 14.5 Å². The van der Waals surface area contributed by atoms with Crippen molar-refractivity contribution < 1.29 is 4.79 Å². The van der Waals surface area contributed by atoms with E-state index in [-0.39, 0.29) is 17.5 Å². The Bertz CT molecular complexity index is 1050. The van der Waals surface area contributed by atoms with Gasteiger partial charge in [-0.1, -0.05) is 53.2 Å². The lowest BCUT2D eigenvalue weighted by Gasteiger charge is -2.30. The van der Waals surface area contributed by atoms with Gasteiger partial charge < -0.3 is 4.90 Å². The van der Waals surface area contributed by atoms with Crippen molar-refractivity contribution >= 4 is 32.7 Å². The van der Waals surface area contributed by atoms with E-state index in [2.05, 4.69) is 34.8 Å². The molecule has 0 saturated heterocycles. The van der Waals surface area contributed by atoms with Gasteiger partial charge >= 0.3 is 0 Å². The summed E-state index contributed by atoms with van der Waals surface area (Å²) in [5.74, 6) is 0.108. The molecular weight excluding hydrogens is 430 g/mol. The molecule has 0 radical (unpaired) electrons. The van der Waals surface area contributed by atoms with Crippen LogP contribution in [0.15, 0.2) is 64.1 Å². The highest BCUT2D eigenvalue weighted by atomic mass is 79.9. The fraction of sp³-hybridized carbons (Fsp3) is 0.348. The first-order chi connectivity index (χ1) is 14.0. The van der Waals surface area contributed by atoms with Crippen LogP contribution in [0, 0.1) is 0 Å². The fourth-order valence-electron chi connectivity index (χ4n) is 3.57. The van der Waals surface area contributed by atoms with Crippen LogP contribution in [-0.2, 0) is 11.3 Å². The van der Waals surface area contributed by atoms with Gasteiger partial charge in [0.1, 0.15) is 0 Å². The van der Waals surface area contributed by atoms with Crippen LogP contribution in [0.1, 0.15) is 44.7 Å². The smallest absolute Gasteiger partial charge is 0.261 e. The summed E-state index contributed by atoms with van der Waals surface area (Å²) in [6, 6.07) is 15.3. The summed E-state index contributed by atoms with van der Waals surface area (Å²) in [6.45, 7) is 5.32. The van der Waals surface area contributed by atoms with Crippen LogP contribution in [0.2, 0.25) is 0 Å². The Balaban J connectivity index is 1.67. The highest BCUT2D eigenvalue weighted by molar-refractivity contribution is 9.10. The van der Waals surface area contributed by atoms with Crippen LogP contribution in [-0.4, -0.2) is 26.9 Å². The molecule has 1 aromatic heterocycles. The molecule has 152 valence electrons. The molecular formula is C23H26BrN3O2. The van der Waals surface area contributed by atoms with E-state index in [4.69, 9.17) is 0 Å². The molecule has 6 heteroatoms. The Labute approximate surface area is 179 Å². The first kappa shape index (κ1) is 21.2. The van der Waals surface area contributed by atoms with Crippen LogP contribution in [0.3, 0.4) is 0 Å². The largest absolute Gasteiger partial charge is 0.336 e. The SMILES string of the molecule is CCCN(C(=O)CCCn1cnc2ccccc2c1=O)[C@H](C)c1ccccc1Br. The van der Waals surface area contributed by atoms with Crippen molar-refractivity contribution in [1.29, 1.82) is 0 Å². The van der Waals surface area contributed by atoms with E-state index in [1.54, 1.807) is 17.0 Å². The van der Waals surface area contributed by atoms with E-state index in [0.717, 1.165) is 16.5 Å². The van der Waals surface area contributed by atoms with Gasteiger partial charge in [0, 0.05) is 24.0 Å². The molecule has 1 heterocycles. The van der Waals surface area contributed by atoms with E-state index in [1.165, 1.54) is 0 Å². The summed E-state index contributed by atoms with van der Waals surface area (Å²) in [5.41, 5.74) is 1.74. The number of aryl methyl sites for hydroxylation is 1. The number of hydrogen-bond donors (Lipinski definition) is 0. The normalized spacial score (nSPS) is 12.1. The van der Waals surface area contributed by atoms with Gasteiger partial charge in [0.25, 0.3) is 5.56 Å². The Hall–Kier alpha value is -2.47. The third-order valence-electron chi connectivity index (χ3n) is 5.13. The van der Waals surface area contributed by atoms with Crippen molar-refractivity contribution in [3.8, 4) is 0 Å². The molecule has 0 aliphatic carbocycles. The highest BCUT2D eigenvalue weighted by Crippen LogP contribution is 2.28. The second-order valence-corrected chi connectivity index (χ2v) is 8.00. The van der Waals surface area contributed by atoms with Crippen LogP contribution < -0.4 is 5.56 Å². The lowest BCUT2D eigenvalue weighted by atomic mass is 10.1. The Morgan fingerprint density at radius 3 is 2.66 bits per heavy atom. The summed E-state index contributed by atoms with van der Waals surface area (Å²) in [7, 11) is 0. The molecule has 0 spiro atoms. The molecule has 0 bridgehead atoms. The average molecular weight is 456 g/mol. The fourth-order valence-corrected chi connectivity index (χ4v) is 4.18. The van der Waals surface area contributed by atoms with Gasteiger partial charge in [0.05, 0.1) is 23.3 Å². The van der Waals surface area contributed by atoms with E-state index in [0.29, 0.717) is 36.8 Å². The first-order valence-corrected chi connectivity index (χ1v) is 10.8. The van der Waals surface area contributed by atoms with Crippen LogP contribution in [0.4, 0.5) is 0 Å². The summed E-state index contributed by atoms with van der Waals surface area (Å²) in [6.07, 6.45) is 3.47. The van der Waals surface area contributed by atoms with Crippen molar-refractivity contribution in [2.75, 3.05) is 6.54 Å². The van der Waals surface area contributed by atoms with Gasteiger partial charge in [-0.15, -0.1) is 0 Å². The number of hydrogen-bond acceptors (Lipinski definition) is 3. The lowest BCUT2D eigenvalue weighted by molar-refractivity contribution is -0.133. The molecule has 3 rings (SSSR count). The maximum absolute atomic E-state index is 13.0. The minimum absolute atomic E-state index is 0.0110. The molecule has 29 heavy (non-hydrogen) atoms. The van der Waals surface area contributed by atoms with E-state index in [1.807, 2.05) is 47.4 Å². The quantitative estimate of drug-likeness (QED) is 0.483. The average Bonchev–Trinajstić information content (AvgIpc) is 2.73. The standard InChI is InChI=1S/C23H26BrN3O2/c1-3-14-27(17(2)18-9-4-6-11-20(18)24)22(28)13-8-15-26-16-25-21-12-7-5-10-19(21)23(26)29/h4-7,9-12,16-17H,3,8,13-15H2,1-2H3/t17-/m1/s1. The second-order valence-electron chi connectivity index (χ2n) is 7.15. The zero-order valence-corrected chi connectivity index (χ0v) is 18.4. The third kappa shape index (κ3) is 4.93. The summed E-state index contributed by atoms with van der Waals surface area (Å²) < 4.78 is 2.60. The molecule has 0 fully saturated rings. The molecule has 2 aromatic carbocycles. The first-order valence-electron chi connectivity index (χ1n) is 10.0. The van der Waals surface area contributed by atoms with Gasteiger partial charge in [-0.25, -0.2) is 4.98 Å². The zero-order valence-electron chi connectivity index (χ0n) is 16.8. The second kappa shape index (κ2) is 9.83. The number of halogens is 1. The molecule has 1 atom stereocenters. The number of carbonyl (C=O) groups is 1. The minimum Gasteiger partial charge on any atom is -0.336 e. The third-order valence-corrected chi connectivity index (χ3v) is 5.85. The summed E-state index contributed by atoms with van der Waals surface area (Å²) in [5, 5.41) is 0.608. The Morgan fingerprint density at radius 2 is 1.90 bits per heavy atom. The number of rotatable bonds is 8. The molecule has 0 aliphatic rings. The zero-order chi connectivity index (χ0) is 20.8. The molecule has 3 aromatic rings. The molecule has 0 N–H and O–H groups in total. The van der Waals surface area contributed by atoms with Gasteiger partial charge in [0.15, 0.2) is 0 Å². The monoisotopic (exact) mass is 455 g/mol. The van der Waals surface area contributed by atoms with E-state index in [9.17, 15) is 9.59 Å². The van der Waals surface area contributed by atoms with E-state index < -0.39 is 0 Å². The highest BCUT2D eigenvalue weighted by Gasteiger charge is 2.21. The van der Waals surface area contributed by atoms with Crippen molar-refractivity contribution in [2.24, 2.45) is 0 Å². The van der Waals surface area contributed by atoms with Crippen molar-refractivity contribution in [2.45, 2.75) is 45.7 Å². The van der Waals surface area contributed by atoms with Gasteiger partial charge in [-0.2, -0.15) is 0 Å². The number of benzene rings is 2. The van der Waals surface area contributed by atoms with Crippen LogP contribution in [0.25, 0.3) is 10.9 Å². The molecule has 5 nitrogen and oxygen atoms in total. The summed E-state index contributed by atoms with van der Waals surface area (Å²) >= 11 is 3.59. The number of nitrogens with zero attached hydrogens (tertiary/aromatic N) is 3. The summed E-state index contributed by atoms with van der Waals surface area (Å²) in [4.78, 5) is 31.8. The maximum Gasteiger partial charge on any atom is 0.261 e. The van der Waals surface area contributed by atoms with Gasteiger partial charge in [-0.3, -0.25) is 14.2 Å². The molecule has 1 amide bonds. The number of fused-ring (bicyclic) bond motifs is 1. The lowest BCUT2D eigenvalue weighted by Crippen LogP contribution is -2.34. The maximum atomic E-state index is 13.0. The van der Waals surface area contributed by atoms with Crippen molar-refractivity contribution in [3.63, 3.8) is 0 Å². The Morgan fingerprint density at radius 1 is 1.17 bits per heavy atom. The minimum atomic E-state index is -0.0601. The predicted molar refractivity (Wildman–Crippen MR) is 120 cm³/mol. The topological polar surface area (TPSA) is 55.2 Å². The van der Waals surface area contributed by atoms with Crippen molar-refractivity contribution in [3.05, 3.63) is 75.2 Å².